The van der Waals surface area contributed by atoms with Gasteiger partial charge in [-0.05, 0) is 59.4 Å². The number of nitrogens with one attached hydrogen (secondary N) is 1. The third-order valence-corrected chi connectivity index (χ3v) is 5.61. The van der Waals surface area contributed by atoms with E-state index in [1.54, 1.807) is 0 Å². The molecule has 1 aliphatic carbocycles. The molecule has 1 atom stereocenters. The highest BCUT2D eigenvalue weighted by Gasteiger charge is 2.25. The normalized spacial score (nSPS) is 18.2. The second-order valence-corrected chi connectivity index (χ2v) is 7.20. The smallest absolute Gasteiger partial charge is 0.178 e. The second kappa shape index (κ2) is 6.21. The van der Waals surface area contributed by atoms with E-state index in [9.17, 15) is 4.39 Å². The van der Waals surface area contributed by atoms with Crippen LogP contribution in [-0.4, -0.2) is 9.55 Å². The average molecular weight is 371 g/mol. The molecule has 0 amide bonds. The van der Waals surface area contributed by atoms with Gasteiger partial charge in [0.1, 0.15) is 5.82 Å². The molecule has 1 unspecified atom stereocenters. The van der Waals surface area contributed by atoms with Crippen LogP contribution in [0.3, 0.4) is 0 Å². The summed E-state index contributed by atoms with van der Waals surface area (Å²) in [5.41, 5.74) is 1.79. The number of halogens is 2. The van der Waals surface area contributed by atoms with Gasteiger partial charge >= 0.3 is 0 Å². The summed E-state index contributed by atoms with van der Waals surface area (Å²) in [5.74, 6) is 0.426. The Morgan fingerprint density at radius 2 is 2.10 bits per heavy atom. The number of hydrogen-bond donors (Lipinski definition) is 1. The van der Waals surface area contributed by atoms with Gasteiger partial charge in [-0.25, -0.2) is 4.39 Å². The number of nitrogens with zero attached hydrogens (tertiary/aromatic N) is 1. The molecule has 21 heavy (non-hydrogen) atoms. The van der Waals surface area contributed by atoms with E-state index in [0.717, 1.165) is 17.5 Å². The van der Waals surface area contributed by atoms with E-state index in [1.165, 1.54) is 38.2 Å². The molecule has 1 N–H and O–H groups in total. The first-order valence-corrected chi connectivity index (χ1v) is 8.91. The van der Waals surface area contributed by atoms with Crippen LogP contribution in [0.4, 0.5) is 4.39 Å². The topological polar surface area (TPSA) is 20.7 Å². The number of aromatic nitrogens is 2. The zero-order valence-electron chi connectivity index (χ0n) is 12.2. The Morgan fingerprint density at radius 1 is 1.38 bits per heavy atom. The summed E-state index contributed by atoms with van der Waals surface area (Å²) in [6.07, 6.45) is 7.58. The fraction of sp³-hybridized carbons (Fsp3) is 0.562. The molecule has 1 aliphatic rings. The standard InChI is InChI=1S/C16H20BrFN2S/c1-2-14(10-6-4-3-5-7-10)20-15-8-11(17)12(18)9-13(15)19-16(20)21/h8-10,14H,2-7H2,1H3,(H,19,21). The van der Waals surface area contributed by atoms with Gasteiger partial charge in [-0.3, -0.25) is 0 Å². The zero-order chi connectivity index (χ0) is 15.0. The lowest BCUT2D eigenvalue weighted by molar-refractivity contribution is 0.245. The highest BCUT2D eigenvalue weighted by Crippen LogP contribution is 2.37. The maximum absolute atomic E-state index is 13.7. The minimum atomic E-state index is -0.253. The molecule has 1 fully saturated rings. The summed E-state index contributed by atoms with van der Waals surface area (Å²) in [5, 5.41) is 0. The molecule has 3 rings (SSSR count). The van der Waals surface area contributed by atoms with Crippen molar-refractivity contribution < 1.29 is 4.39 Å². The van der Waals surface area contributed by atoms with E-state index in [-0.39, 0.29) is 5.82 Å². The highest BCUT2D eigenvalue weighted by atomic mass is 79.9. The van der Waals surface area contributed by atoms with Crippen LogP contribution in [0, 0.1) is 16.5 Å². The molecule has 1 heterocycles. The SMILES string of the molecule is CCC(C1CCCCC1)n1c(=S)[nH]c2cc(F)c(Br)cc21. The lowest BCUT2D eigenvalue weighted by Gasteiger charge is -2.31. The minimum Gasteiger partial charge on any atom is -0.330 e. The quantitative estimate of drug-likeness (QED) is 0.644. The van der Waals surface area contributed by atoms with Crippen LogP contribution in [0.5, 0.6) is 0 Å². The fourth-order valence-electron chi connectivity index (χ4n) is 3.70. The third-order valence-electron chi connectivity index (χ3n) is 4.70. The van der Waals surface area contributed by atoms with Gasteiger partial charge in [0.05, 0.1) is 15.5 Å². The van der Waals surface area contributed by atoms with Crippen molar-refractivity contribution in [3.05, 3.63) is 27.2 Å². The lowest BCUT2D eigenvalue weighted by Crippen LogP contribution is -2.21. The molecule has 1 saturated carbocycles. The van der Waals surface area contributed by atoms with Gasteiger partial charge in [-0.2, -0.15) is 0 Å². The molecule has 5 heteroatoms. The predicted molar refractivity (Wildman–Crippen MR) is 90.7 cm³/mol. The fourth-order valence-corrected chi connectivity index (χ4v) is 4.37. The zero-order valence-corrected chi connectivity index (χ0v) is 14.6. The predicted octanol–water partition coefficient (Wildman–Crippen LogP) is 6.13. The van der Waals surface area contributed by atoms with Gasteiger partial charge in [0.15, 0.2) is 4.77 Å². The number of benzene rings is 1. The number of H-pyrrole nitrogens is 1. The van der Waals surface area contributed by atoms with Gasteiger partial charge in [-0.1, -0.05) is 26.2 Å². The molecular formula is C16H20BrFN2S. The Hall–Kier alpha value is -0.680. The number of rotatable bonds is 3. The molecule has 1 aromatic heterocycles. The first-order chi connectivity index (χ1) is 10.1. The number of aromatic amines is 1. The summed E-state index contributed by atoms with van der Waals surface area (Å²) in [4.78, 5) is 3.17. The van der Waals surface area contributed by atoms with Gasteiger partial charge in [0.2, 0.25) is 0 Å². The Kier molecular flexibility index (Phi) is 4.50. The van der Waals surface area contributed by atoms with E-state index in [1.807, 2.05) is 6.07 Å². The molecule has 0 radical (unpaired) electrons. The monoisotopic (exact) mass is 370 g/mol. The molecule has 2 aromatic rings. The van der Waals surface area contributed by atoms with Crippen molar-refractivity contribution in [1.29, 1.82) is 0 Å². The molecule has 2 nitrogen and oxygen atoms in total. The molecule has 0 aliphatic heterocycles. The van der Waals surface area contributed by atoms with E-state index in [4.69, 9.17) is 12.2 Å². The van der Waals surface area contributed by atoms with Gasteiger partial charge in [0.25, 0.3) is 0 Å². The summed E-state index contributed by atoms with van der Waals surface area (Å²) in [6.45, 7) is 2.22. The molecule has 0 saturated heterocycles. The van der Waals surface area contributed by atoms with E-state index in [0.29, 0.717) is 21.2 Å². The first-order valence-electron chi connectivity index (χ1n) is 7.71. The Balaban J connectivity index is 2.11. The van der Waals surface area contributed by atoms with Crippen LogP contribution in [-0.2, 0) is 0 Å². The maximum Gasteiger partial charge on any atom is 0.178 e. The molecule has 1 aromatic carbocycles. The largest absolute Gasteiger partial charge is 0.330 e. The summed E-state index contributed by atoms with van der Waals surface area (Å²) in [7, 11) is 0. The molecule has 114 valence electrons. The van der Waals surface area contributed by atoms with Crippen molar-refractivity contribution in [3.8, 4) is 0 Å². The van der Waals surface area contributed by atoms with E-state index in [2.05, 4.69) is 32.4 Å². The number of hydrogen-bond acceptors (Lipinski definition) is 1. The summed E-state index contributed by atoms with van der Waals surface area (Å²) in [6, 6.07) is 3.78. The lowest BCUT2D eigenvalue weighted by atomic mass is 9.83. The first kappa shape index (κ1) is 15.2. The van der Waals surface area contributed by atoms with Gasteiger partial charge < -0.3 is 9.55 Å². The van der Waals surface area contributed by atoms with E-state index < -0.39 is 0 Å². The number of imidazole rings is 1. The summed E-state index contributed by atoms with van der Waals surface area (Å²) >= 11 is 8.81. The van der Waals surface area contributed by atoms with Crippen molar-refractivity contribution >= 4 is 39.2 Å². The Bertz CT molecular complexity index is 700. The van der Waals surface area contributed by atoms with Crippen molar-refractivity contribution in [2.45, 2.75) is 51.5 Å². The Labute approximate surface area is 137 Å². The second-order valence-electron chi connectivity index (χ2n) is 5.96. The van der Waals surface area contributed by atoms with Crippen molar-refractivity contribution in [1.82, 2.24) is 9.55 Å². The van der Waals surface area contributed by atoms with Crippen molar-refractivity contribution in [2.24, 2.45) is 5.92 Å². The number of fused-ring (bicyclic) bond motifs is 1. The van der Waals surface area contributed by atoms with Crippen LogP contribution in [0.15, 0.2) is 16.6 Å². The van der Waals surface area contributed by atoms with Gasteiger partial charge in [0, 0.05) is 12.1 Å². The Morgan fingerprint density at radius 3 is 2.76 bits per heavy atom. The molecule has 0 bridgehead atoms. The van der Waals surface area contributed by atoms with Crippen LogP contribution in [0.1, 0.15) is 51.5 Å². The van der Waals surface area contributed by atoms with Crippen LogP contribution < -0.4 is 0 Å². The summed E-state index contributed by atoms with van der Waals surface area (Å²) < 4.78 is 17.1. The van der Waals surface area contributed by atoms with Crippen molar-refractivity contribution in [3.63, 3.8) is 0 Å². The average Bonchev–Trinajstić information content (AvgIpc) is 2.78. The highest BCUT2D eigenvalue weighted by molar-refractivity contribution is 9.10. The van der Waals surface area contributed by atoms with Gasteiger partial charge in [-0.15, -0.1) is 0 Å². The van der Waals surface area contributed by atoms with Crippen LogP contribution >= 0.6 is 28.1 Å². The van der Waals surface area contributed by atoms with Crippen LogP contribution in [0.25, 0.3) is 11.0 Å². The van der Waals surface area contributed by atoms with Crippen molar-refractivity contribution in [2.75, 3.05) is 0 Å². The minimum absolute atomic E-state index is 0.253. The maximum atomic E-state index is 13.7. The molecule has 0 spiro atoms. The van der Waals surface area contributed by atoms with Crippen LogP contribution in [0.2, 0.25) is 0 Å². The molecular weight excluding hydrogens is 351 g/mol. The third kappa shape index (κ3) is 2.82. The van der Waals surface area contributed by atoms with E-state index >= 15 is 0 Å².